The molecule has 0 aliphatic heterocycles. The maximum Gasteiger partial charge on any atom is 0.154 e. The lowest BCUT2D eigenvalue weighted by Crippen LogP contribution is -2.09. The van der Waals surface area contributed by atoms with E-state index in [1.165, 1.54) is 12.1 Å². The number of aryl methyl sites for hydroxylation is 1. The van der Waals surface area contributed by atoms with Gasteiger partial charge in [0.2, 0.25) is 0 Å². The fraction of sp³-hybridized carbons (Fsp3) is 0.333. The van der Waals surface area contributed by atoms with Crippen molar-refractivity contribution in [2.24, 2.45) is 5.73 Å². The lowest BCUT2D eigenvalue weighted by atomic mass is 10.1. The third-order valence-corrected chi connectivity index (χ3v) is 2.83. The van der Waals surface area contributed by atoms with E-state index in [0.717, 1.165) is 4.68 Å². The fourth-order valence-corrected chi connectivity index (χ4v) is 1.81. The van der Waals surface area contributed by atoms with E-state index < -0.39 is 11.6 Å². The van der Waals surface area contributed by atoms with Gasteiger partial charge in [-0.25, -0.2) is 13.5 Å². The lowest BCUT2D eigenvalue weighted by Gasteiger charge is -2.09. The topological polar surface area (TPSA) is 56.7 Å². The van der Waals surface area contributed by atoms with Crippen molar-refractivity contribution < 1.29 is 8.78 Å². The van der Waals surface area contributed by atoms with Crippen LogP contribution in [0.5, 0.6) is 0 Å². The van der Waals surface area contributed by atoms with Crippen LogP contribution >= 0.6 is 0 Å². The van der Waals surface area contributed by atoms with Crippen LogP contribution in [0.3, 0.4) is 0 Å². The molecule has 96 valence electrons. The predicted molar refractivity (Wildman–Crippen MR) is 63.4 cm³/mol. The molecule has 0 aliphatic rings. The summed E-state index contributed by atoms with van der Waals surface area (Å²) in [5.41, 5.74) is 6.90. The summed E-state index contributed by atoms with van der Waals surface area (Å²) < 4.78 is 28.9. The zero-order valence-electron chi connectivity index (χ0n) is 10.4. The van der Waals surface area contributed by atoms with Crippen molar-refractivity contribution in [2.75, 3.05) is 0 Å². The summed E-state index contributed by atoms with van der Waals surface area (Å²) in [6.07, 6.45) is 0. The summed E-state index contributed by atoms with van der Waals surface area (Å²) in [6.45, 7) is 4.99. The quantitative estimate of drug-likeness (QED) is 0.891. The highest BCUT2D eigenvalue weighted by atomic mass is 19.1. The summed E-state index contributed by atoms with van der Waals surface area (Å²) in [5.74, 6) is -1.32. The minimum Gasteiger partial charge on any atom is -0.323 e. The van der Waals surface area contributed by atoms with Gasteiger partial charge in [-0.2, -0.15) is 0 Å². The summed E-state index contributed by atoms with van der Waals surface area (Å²) in [6, 6.07) is 2.25. The van der Waals surface area contributed by atoms with Gasteiger partial charge >= 0.3 is 0 Å². The smallest absolute Gasteiger partial charge is 0.154 e. The number of nitrogens with two attached hydrogens (primary N) is 1. The normalized spacial score (nSPS) is 12.8. The highest BCUT2D eigenvalue weighted by Crippen LogP contribution is 2.23. The molecule has 18 heavy (non-hydrogen) atoms. The molecule has 0 spiro atoms. The van der Waals surface area contributed by atoms with Gasteiger partial charge in [-0.05, 0) is 32.4 Å². The summed E-state index contributed by atoms with van der Waals surface area (Å²) in [5, 5.41) is 7.63. The second kappa shape index (κ2) is 4.45. The largest absolute Gasteiger partial charge is 0.323 e. The van der Waals surface area contributed by atoms with E-state index in [9.17, 15) is 8.78 Å². The highest BCUT2D eigenvalue weighted by Gasteiger charge is 2.19. The molecule has 0 amide bonds. The molecule has 2 N–H and O–H groups in total. The third-order valence-electron chi connectivity index (χ3n) is 2.83. The Morgan fingerprint density at radius 2 is 1.94 bits per heavy atom. The van der Waals surface area contributed by atoms with Crippen LogP contribution in [0, 0.1) is 25.5 Å². The SMILES string of the molecule is Cc1ccc(F)c(-n2nnc(C(C)N)c2C)c1F. The van der Waals surface area contributed by atoms with E-state index in [4.69, 9.17) is 5.73 Å². The van der Waals surface area contributed by atoms with E-state index in [2.05, 4.69) is 10.3 Å². The Balaban J connectivity index is 2.67. The van der Waals surface area contributed by atoms with Crippen LogP contribution in [0.15, 0.2) is 12.1 Å². The monoisotopic (exact) mass is 252 g/mol. The molecular weight excluding hydrogens is 238 g/mol. The van der Waals surface area contributed by atoms with Crippen molar-refractivity contribution in [2.45, 2.75) is 26.8 Å². The van der Waals surface area contributed by atoms with Crippen molar-refractivity contribution in [3.8, 4) is 5.69 Å². The van der Waals surface area contributed by atoms with Crippen LogP contribution in [0.2, 0.25) is 0 Å². The Morgan fingerprint density at radius 1 is 1.28 bits per heavy atom. The third kappa shape index (κ3) is 1.88. The van der Waals surface area contributed by atoms with Crippen LogP contribution in [0.1, 0.15) is 29.9 Å². The zero-order valence-corrected chi connectivity index (χ0v) is 10.4. The lowest BCUT2D eigenvalue weighted by molar-refractivity contribution is 0.548. The molecule has 4 nitrogen and oxygen atoms in total. The molecule has 0 aliphatic carbocycles. The Labute approximate surface area is 103 Å². The predicted octanol–water partition coefficient (Wildman–Crippen LogP) is 2.18. The summed E-state index contributed by atoms with van der Waals surface area (Å²) in [4.78, 5) is 0. The minimum atomic E-state index is -0.678. The number of hydrogen-bond acceptors (Lipinski definition) is 3. The average Bonchev–Trinajstić information content (AvgIpc) is 2.67. The van der Waals surface area contributed by atoms with Crippen LogP contribution in [0.4, 0.5) is 8.78 Å². The van der Waals surface area contributed by atoms with Crippen LogP contribution in [-0.4, -0.2) is 15.0 Å². The van der Waals surface area contributed by atoms with Crippen molar-refractivity contribution in [1.82, 2.24) is 15.0 Å². The molecule has 1 heterocycles. The van der Waals surface area contributed by atoms with Gasteiger partial charge in [-0.3, -0.25) is 0 Å². The zero-order chi connectivity index (χ0) is 13.4. The number of benzene rings is 1. The van der Waals surface area contributed by atoms with Crippen molar-refractivity contribution in [3.05, 3.63) is 40.7 Å². The average molecular weight is 252 g/mol. The molecule has 2 aromatic rings. The van der Waals surface area contributed by atoms with Gasteiger partial charge < -0.3 is 5.73 Å². The Hall–Kier alpha value is -1.82. The van der Waals surface area contributed by atoms with Crippen LogP contribution in [-0.2, 0) is 0 Å². The maximum atomic E-state index is 14.0. The molecule has 6 heteroatoms. The first-order valence-electron chi connectivity index (χ1n) is 5.56. The molecule has 0 bridgehead atoms. The highest BCUT2D eigenvalue weighted by molar-refractivity contribution is 5.40. The number of halogens is 2. The molecule has 1 aromatic heterocycles. The van der Waals surface area contributed by atoms with E-state index >= 15 is 0 Å². The van der Waals surface area contributed by atoms with Crippen LogP contribution in [0.25, 0.3) is 5.69 Å². The second-order valence-electron chi connectivity index (χ2n) is 4.29. The van der Waals surface area contributed by atoms with Gasteiger partial charge in [0.05, 0.1) is 5.69 Å². The number of aromatic nitrogens is 3. The van der Waals surface area contributed by atoms with Crippen LogP contribution < -0.4 is 5.73 Å². The Kier molecular flexibility index (Phi) is 3.13. The van der Waals surface area contributed by atoms with Gasteiger partial charge in [0.15, 0.2) is 11.6 Å². The first-order valence-corrected chi connectivity index (χ1v) is 5.56. The number of rotatable bonds is 2. The molecule has 0 radical (unpaired) electrons. The Bertz CT molecular complexity index is 590. The molecule has 0 saturated heterocycles. The molecule has 0 fully saturated rings. The maximum absolute atomic E-state index is 14.0. The molecule has 1 atom stereocenters. The number of hydrogen-bond donors (Lipinski definition) is 1. The Morgan fingerprint density at radius 3 is 2.50 bits per heavy atom. The van der Waals surface area contributed by atoms with E-state index in [-0.39, 0.29) is 11.7 Å². The molecule has 1 aromatic carbocycles. The molecule has 1 unspecified atom stereocenters. The van der Waals surface area contributed by atoms with Gasteiger partial charge in [0.1, 0.15) is 11.4 Å². The molecule has 0 saturated carbocycles. The van der Waals surface area contributed by atoms with Crippen molar-refractivity contribution in [3.63, 3.8) is 0 Å². The van der Waals surface area contributed by atoms with Gasteiger partial charge in [0, 0.05) is 6.04 Å². The van der Waals surface area contributed by atoms with Crippen molar-refractivity contribution in [1.29, 1.82) is 0 Å². The second-order valence-corrected chi connectivity index (χ2v) is 4.29. The summed E-state index contributed by atoms with van der Waals surface area (Å²) >= 11 is 0. The first-order chi connectivity index (χ1) is 8.43. The van der Waals surface area contributed by atoms with Crippen molar-refractivity contribution >= 4 is 0 Å². The molecule has 2 rings (SSSR count). The molecular formula is C12H14F2N4. The van der Waals surface area contributed by atoms with Gasteiger partial charge in [-0.1, -0.05) is 11.3 Å². The standard InChI is InChI=1S/C12H14F2N4/c1-6-4-5-9(13)12(10(6)14)18-8(3)11(7(2)15)16-17-18/h4-5,7H,15H2,1-3H3. The number of nitrogens with zero attached hydrogens (tertiary/aromatic N) is 3. The fourth-order valence-electron chi connectivity index (χ4n) is 1.81. The first kappa shape index (κ1) is 12.6. The van der Waals surface area contributed by atoms with E-state index in [1.807, 2.05) is 0 Å². The van der Waals surface area contributed by atoms with E-state index in [0.29, 0.717) is 17.0 Å². The summed E-state index contributed by atoms with van der Waals surface area (Å²) in [7, 11) is 0. The van der Waals surface area contributed by atoms with Gasteiger partial charge in [-0.15, -0.1) is 5.10 Å². The van der Waals surface area contributed by atoms with Gasteiger partial charge in [0.25, 0.3) is 0 Å². The minimum absolute atomic E-state index is 0.216. The van der Waals surface area contributed by atoms with E-state index in [1.54, 1.807) is 20.8 Å².